The molecule has 0 aromatic heterocycles. The number of fused-ring (bicyclic) bond motifs is 1. The highest BCUT2D eigenvalue weighted by Crippen LogP contribution is 2.38. The van der Waals surface area contributed by atoms with E-state index in [1.165, 1.54) is 18.2 Å². The Labute approximate surface area is 198 Å². The lowest BCUT2D eigenvalue weighted by atomic mass is 9.97. The number of carbonyl (C=O) groups excluding carboxylic acids is 1. The van der Waals surface area contributed by atoms with Gasteiger partial charge in [0, 0.05) is 25.7 Å². The van der Waals surface area contributed by atoms with Gasteiger partial charge < -0.3 is 24.3 Å². The molecule has 174 valence electrons. The van der Waals surface area contributed by atoms with Gasteiger partial charge in [0.05, 0.1) is 38.5 Å². The van der Waals surface area contributed by atoms with Gasteiger partial charge in [0.1, 0.15) is 0 Å². The number of halogens is 1. The first kappa shape index (κ1) is 24.2. The molecule has 0 saturated carbocycles. The Kier molecular flexibility index (Phi) is 8.26. The van der Waals surface area contributed by atoms with Gasteiger partial charge in [-0.05, 0) is 64.2 Å². The first-order valence-corrected chi connectivity index (χ1v) is 11.4. The normalized spacial score (nSPS) is 14.3. The summed E-state index contributed by atoms with van der Waals surface area (Å²) >= 11 is 3.43. The molecule has 1 heterocycles. The van der Waals surface area contributed by atoms with Crippen molar-refractivity contribution in [2.45, 2.75) is 32.4 Å². The summed E-state index contributed by atoms with van der Waals surface area (Å²) in [5.41, 5.74) is 2.96. The largest absolute Gasteiger partial charge is 0.493 e. The second-order valence-corrected chi connectivity index (χ2v) is 8.48. The molecule has 1 N–H and O–H groups in total. The molecular weight excluding hydrogens is 476 g/mol. The molecule has 0 aliphatic carbocycles. The van der Waals surface area contributed by atoms with Crippen LogP contribution in [0.1, 0.15) is 34.8 Å². The number of methoxy groups -OCH3 is 4. The summed E-state index contributed by atoms with van der Waals surface area (Å²) in [7, 11) is 6.40. The minimum atomic E-state index is -0.185. The number of carbonyl (C=O) groups is 1. The Bertz CT molecular complexity index is 966. The van der Waals surface area contributed by atoms with Crippen LogP contribution in [0.25, 0.3) is 0 Å². The van der Waals surface area contributed by atoms with E-state index in [1.54, 1.807) is 33.5 Å². The van der Waals surface area contributed by atoms with Crippen LogP contribution in [-0.4, -0.2) is 58.4 Å². The van der Waals surface area contributed by atoms with Crippen molar-refractivity contribution in [3.05, 3.63) is 45.4 Å². The summed E-state index contributed by atoms with van der Waals surface area (Å²) in [6.45, 7) is 4.41. The number of nitrogens with one attached hydrogen (secondary N) is 1. The second-order valence-electron chi connectivity index (χ2n) is 7.63. The molecule has 7 nitrogen and oxygen atoms in total. The highest BCUT2D eigenvalue weighted by atomic mass is 79.9. The lowest BCUT2D eigenvalue weighted by molar-refractivity contribution is 0.0922. The van der Waals surface area contributed by atoms with Gasteiger partial charge in [-0.25, -0.2) is 0 Å². The van der Waals surface area contributed by atoms with Crippen LogP contribution >= 0.6 is 15.9 Å². The van der Waals surface area contributed by atoms with Crippen molar-refractivity contribution in [2.75, 3.05) is 41.5 Å². The van der Waals surface area contributed by atoms with Crippen LogP contribution in [-0.2, 0) is 13.0 Å². The van der Waals surface area contributed by atoms with Gasteiger partial charge in [-0.15, -0.1) is 0 Å². The molecule has 1 amide bonds. The number of ether oxygens (including phenoxy) is 4. The fourth-order valence-electron chi connectivity index (χ4n) is 4.16. The third-order valence-electron chi connectivity index (χ3n) is 5.95. The Morgan fingerprint density at radius 1 is 1.03 bits per heavy atom. The van der Waals surface area contributed by atoms with Crippen LogP contribution in [0.5, 0.6) is 23.0 Å². The number of hydrogen-bond acceptors (Lipinski definition) is 6. The van der Waals surface area contributed by atoms with Crippen molar-refractivity contribution >= 4 is 21.8 Å². The molecule has 1 aliphatic heterocycles. The minimum absolute atomic E-state index is 0.185. The van der Waals surface area contributed by atoms with E-state index in [4.69, 9.17) is 18.9 Å². The third-order valence-corrected chi connectivity index (χ3v) is 6.57. The zero-order valence-corrected chi connectivity index (χ0v) is 20.9. The van der Waals surface area contributed by atoms with E-state index in [0.717, 1.165) is 41.9 Å². The fourth-order valence-corrected chi connectivity index (χ4v) is 4.64. The highest BCUT2D eigenvalue weighted by molar-refractivity contribution is 9.10. The molecule has 8 heteroatoms. The number of benzene rings is 2. The molecule has 0 spiro atoms. The topological polar surface area (TPSA) is 69.3 Å². The summed E-state index contributed by atoms with van der Waals surface area (Å²) in [6.07, 6.45) is 1.85. The van der Waals surface area contributed by atoms with E-state index >= 15 is 0 Å². The van der Waals surface area contributed by atoms with E-state index in [2.05, 4.69) is 45.2 Å². The van der Waals surface area contributed by atoms with Crippen LogP contribution in [0.3, 0.4) is 0 Å². The van der Waals surface area contributed by atoms with Crippen molar-refractivity contribution in [2.24, 2.45) is 0 Å². The van der Waals surface area contributed by atoms with Crippen molar-refractivity contribution in [1.82, 2.24) is 10.2 Å². The van der Waals surface area contributed by atoms with E-state index in [0.29, 0.717) is 23.6 Å². The number of rotatable bonds is 9. The Morgan fingerprint density at radius 3 is 2.28 bits per heavy atom. The average Bonchev–Trinajstić information content (AvgIpc) is 2.82. The highest BCUT2D eigenvalue weighted by Gasteiger charge is 2.26. The van der Waals surface area contributed by atoms with Crippen LogP contribution < -0.4 is 24.3 Å². The first-order chi connectivity index (χ1) is 15.5. The lowest BCUT2D eigenvalue weighted by Gasteiger charge is -2.35. The maximum absolute atomic E-state index is 12.9. The fraction of sp³-hybridized carbons (Fsp3) is 0.458. The molecule has 1 aliphatic rings. The molecule has 0 fully saturated rings. The van der Waals surface area contributed by atoms with E-state index in [1.807, 2.05) is 0 Å². The van der Waals surface area contributed by atoms with Crippen molar-refractivity contribution < 1.29 is 23.7 Å². The maximum Gasteiger partial charge on any atom is 0.255 e. The van der Waals surface area contributed by atoms with Crippen LogP contribution in [0.2, 0.25) is 0 Å². The van der Waals surface area contributed by atoms with Gasteiger partial charge >= 0.3 is 0 Å². The molecule has 1 atom stereocenters. The zero-order chi connectivity index (χ0) is 23.3. The van der Waals surface area contributed by atoms with Gasteiger partial charge in [-0.3, -0.25) is 9.69 Å². The summed E-state index contributed by atoms with van der Waals surface area (Å²) in [4.78, 5) is 15.4. The summed E-state index contributed by atoms with van der Waals surface area (Å²) < 4.78 is 22.5. The van der Waals surface area contributed by atoms with E-state index in [-0.39, 0.29) is 11.9 Å². The SMILES string of the molecule is CCC(CNC(=O)c1ccc(Br)c(OC)c1OC)N1CCc2cc(OC)c(OC)cc2C1. The smallest absolute Gasteiger partial charge is 0.255 e. The summed E-state index contributed by atoms with van der Waals surface area (Å²) in [5.74, 6) is 2.24. The van der Waals surface area contributed by atoms with Gasteiger partial charge in [0.2, 0.25) is 0 Å². The predicted molar refractivity (Wildman–Crippen MR) is 127 cm³/mol. The number of amides is 1. The zero-order valence-electron chi connectivity index (χ0n) is 19.3. The Morgan fingerprint density at radius 2 is 1.69 bits per heavy atom. The number of nitrogens with zero attached hydrogens (tertiary/aromatic N) is 1. The van der Waals surface area contributed by atoms with E-state index in [9.17, 15) is 4.79 Å². The van der Waals surface area contributed by atoms with Gasteiger partial charge in [0.25, 0.3) is 5.91 Å². The summed E-state index contributed by atoms with van der Waals surface area (Å²) in [5, 5.41) is 3.08. The van der Waals surface area contributed by atoms with Gasteiger partial charge in [-0.1, -0.05) is 6.92 Å². The maximum atomic E-state index is 12.9. The molecule has 0 bridgehead atoms. The standard InChI is InChI=1S/C24H31BrN2O5/c1-6-17(13-26-24(28)18-7-8-19(25)23(32-5)22(18)31-4)27-10-9-15-11-20(29-2)21(30-3)12-16(15)14-27/h7-8,11-12,17H,6,9-10,13-14H2,1-5H3,(H,26,28). The molecule has 0 radical (unpaired) electrons. The molecule has 2 aromatic carbocycles. The molecule has 3 rings (SSSR count). The first-order valence-electron chi connectivity index (χ1n) is 10.6. The molecule has 1 unspecified atom stereocenters. The third kappa shape index (κ3) is 4.96. The average molecular weight is 507 g/mol. The van der Waals surface area contributed by atoms with Crippen molar-refractivity contribution in [1.29, 1.82) is 0 Å². The van der Waals surface area contributed by atoms with Crippen molar-refractivity contribution in [3.63, 3.8) is 0 Å². The quantitative estimate of drug-likeness (QED) is 0.553. The molecule has 2 aromatic rings. The monoisotopic (exact) mass is 506 g/mol. The minimum Gasteiger partial charge on any atom is -0.493 e. The molecular formula is C24H31BrN2O5. The van der Waals surface area contributed by atoms with Crippen LogP contribution in [0.4, 0.5) is 0 Å². The van der Waals surface area contributed by atoms with Crippen LogP contribution in [0, 0.1) is 0 Å². The Hall–Kier alpha value is -2.45. The van der Waals surface area contributed by atoms with Gasteiger partial charge in [-0.2, -0.15) is 0 Å². The van der Waals surface area contributed by atoms with E-state index < -0.39 is 0 Å². The van der Waals surface area contributed by atoms with Crippen LogP contribution in [0.15, 0.2) is 28.7 Å². The Balaban J connectivity index is 1.71. The predicted octanol–water partition coefficient (Wildman–Crippen LogP) is 4.05. The number of hydrogen-bond donors (Lipinski definition) is 1. The van der Waals surface area contributed by atoms with Gasteiger partial charge in [0.15, 0.2) is 23.0 Å². The molecule has 0 saturated heterocycles. The lowest BCUT2D eigenvalue weighted by Crippen LogP contribution is -2.45. The molecule has 32 heavy (non-hydrogen) atoms. The second kappa shape index (κ2) is 10.9. The van der Waals surface area contributed by atoms with Crippen molar-refractivity contribution in [3.8, 4) is 23.0 Å². The summed E-state index contributed by atoms with van der Waals surface area (Å²) in [6, 6.07) is 7.87.